The molecule has 0 heterocycles. The largest absolute Gasteiger partial charge is 0.481 e. The molecule has 1 amide bonds. The second-order valence-corrected chi connectivity index (χ2v) is 4.70. The van der Waals surface area contributed by atoms with Gasteiger partial charge in [-0.1, -0.05) is 27.5 Å². The number of carbonyl (C=O) groups is 2. The Morgan fingerprint density at radius 3 is 2.71 bits per heavy atom. The molecule has 0 spiro atoms. The SMILES string of the molecule is O=C(O)CCCNC(=O)c1ccc(Br)cc1Cl. The molecule has 0 aliphatic rings. The maximum Gasteiger partial charge on any atom is 0.303 e. The van der Waals surface area contributed by atoms with Gasteiger partial charge in [-0.05, 0) is 24.6 Å². The average molecular weight is 321 g/mol. The van der Waals surface area contributed by atoms with Crippen LogP contribution in [0.3, 0.4) is 0 Å². The molecular weight excluding hydrogens is 309 g/mol. The molecular formula is C11H11BrClNO3. The standard InChI is InChI=1S/C11H11BrClNO3/c12-7-3-4-8(9(13)6-7)11(17)14-5-1-2-10(15)16/h3-4,6H,1-2,5H2,(H,14,17)(H,15,16). The van der Waals surface area contributed by atoms with Crippen molar-refractivity contribution in [2.75, 3.05) is 6.54 Å². The molecule has 1 rings (SSSR count). The summed E-state index contributed by atoms with van der Waals surface area (Å²) in [5.74, 6) is -1.17. The number of carboxylic acid groups (broad SMARTS) is 1. The molecule has 0 atom stereocenters. The fraction of sp³-hybridized carbons (Fsp3) is 0.273. The predicted molar refractivity (Wildman–Crippen MR) is 68.4 cm³/mol. The van der Waals surface area contributed by atoms with Gasteiger partial charge in [0.05, 0.1) is 10.6 Å². The van der Waals surface area contributed by atoms with Gasteiger partial charge in [0.25, 0.3) is 5.91 Å². The molecule has 0 aromatic heterocycles. The third-order valence-electron chi connectivity index (χ3n) is 2.03. The summed E-state index contributed by atoms with van der Waals surface area (Å²) in [6, 6.07) is 4.96. The number of rotatable bonds is 5. The summed E-state index contributed by atoms with van der Waals surface area (Å²) in [5, 5.41) is 11.4. The molecule has 4 nitrogen and oxygen atoms in total. The summed E-state index contributed by atoms with van der Waals surface area (Å²) in [7, 11) is 0. The summed E-state index contributed by atoms with van der Waals surface area (Å²) < 4.78 is 0.796. The van der Waals surface area contributed by atoms with Crippen molar-refractivity contribution in [3.8, 4) is 0 Å². The van der Waals surface area contributed by atoms with Gasteiger partial charge in [-0.15, -0.1) is 0 Å². The molecule has 0 saturated carbocycles. The lowest BCUT2D eigenvalue weighted by Gasteiger charge is -2.06. The molecule has 0 fully saturated rings. The van der Waals surface area contributed by atoms with E-state index in [9.17, 15) is 9.59 Å². The second kappa shape index (κ2) is 6.61. The number of hydrogen-bond acceptors (Lipinski definition) is 2. The number of aliphatic carboxylic acids is 1. The summed E-state index contributed by atoms with van der Waals surface area (Å²) in [6.07, 6.45) is 0.434. The Hall–Kier alpha value is -1.07. The summed E-state index contributed by atoms with van der Waals surface area (Å²) >= 11 is 9.15. The van der Waals surface area contributed by atoms with Crippen LogP contribution in [0.4, 0.5) is 0 Å². The number of hydrogen-bond donors (Lipinski definition) is 2. The van der Waals surface area contributed by atoms with Crippen LogP contribution in [0.1, 0.15) is 23.2 Å². The number of carboxylic acids is 1. The van der Waals surface area contributed by atoms with Gasteiger partial charge in [0.15, 0.2) is 0 Å². The number of carbonyl (C=O) groups excluding carboxylic acids is 1. The van der Waals surface area contributed by atoms with E-state index in [1.807, 2.05) is 0 Å². The van der Waals surface area contributed by atoms with E-state index >= 15 is 0 Å². The fourth-order valence-electron chi connectivity index (χ4n) is 1.21. The van der Waals surface area contributed by atoms with Gasteiger partial charge >= 0.3 is 5.97 Å². The summed E-state index contributed by atoms with van der Waals surface area (Å²) in [6.45, 7) is 0.317. The van der Waals surface area contributed by atoms with Gasteiger partial charge < -0.3 is 10.4 Å². The van der Waals surface area contributed by atoms with Crippen LogP contribution in [-0.2, 0) is 4.79 Å². The highest BCUT2D eigenvalue weighted by Gasteiger charge is 2.09. The van der Waals surface area contributed by atoms with E-state index in [1.54, 1.807) is 18.2 Å². The average Bonchev–Trinajstić information content (AvgIpc) is 2.23. The number of benzene rings is 1. The Kier molecular flexibility index (Phi) is 5.44. The van der Waals surface area contributed by atoms with Crippen molar-refractivity contribution in [2.45, 2.75) is 12.8 Å². The van der Waals surface area contributed by atoms with Crippen LogP contribution in [-0.4, -0.2) is 23.5 Å². The Bertz CT molecular complexity index is 437. The topological polar surface area (TPSA) is 66.4 Å². The number of amides is 1. The fourth-order valence-corrected chi connectivity index (χ4v) is 1.97. The maximum absolute atomic E-state index is 11.7. The second-order valence-electron chi connectivity index (χ2n) is 3.38. The first kappa shape index (κ1) is 14.0. The molecule has 0 radical (unpaired) electrons. The normalized spacial score (nSPS) is 10.0. The Balaban J connectivity index is 2.50. The van der Waals surface area contributed by atoms with Crippen molar-refractivity contribution in [2.24, 2.45) is 0 Å². The first-order chi connectivity index (χ1) is 8.00. The van der Waals surface area contributed by atoms with Crippen LogP contribution in [0.2, 0.25) is 5.02 Å². The van der Waals surface area contributed by atoms with Crippen LogP contribution in [0.25, 0.3) is 0 Å². The minimum absolute atomic E-state index is 0.0361. The van der Waals surface area contributed by atoms with Crippen molar-refractivity contribution in [1.82, 2.24) is 5.32 Å². The van der Waals surface area contributed by atoms with E-state index in [0.29, 0.717) is 23.6 Å². The van der Waals surface area contributed by atoms with E-state index in [1.165, 1.54) is 0 Å². The van der Waals surface area contributed by atoms with Gasteiger partial charge in [-0.2, -0.15) is 0 Å². The van der Waals surface area contributed by atoms with Crippen LogP contribution in [0.15, 0.2) is 22.7 Å². The van der Waals surface area contributed by atoms with Crippen LogP contribution >= 0.6 is 27.5 Å². The number of nitrogens with one attached hydrogen (secondary N) is 1. The third-order valence-corrected chi connectivity index (χ3v) is 2.83. The van der Waals surface area contributed by atoms with Gasteiger partial charge in [0, 0.05) is 17.4 Å². The molecule has 0 aliphatic carbocycles. The first-order valence-electron chi connectivity index (χ1n) is 4.95. The van der Waals surface area contributed by atoms with Gasteiger partial charge in [-0.3, -0.25) is 9.59 Å². The van der Waals surface area contributed by atoms with Gasteiger partial charge in [0.2, 0.25) is 0 Å². The molecule has 2 N–H and O–H groups in total. The molecule has 0 bridgehead atoms. The van der Waals surface area contributed by atoms with Crippen LogP contribution < -0.4 is 5.32 Å². The highest BCUT2D eigenvalue weighted by Crippen LogP contribution is 2.21. The molecule has 17 heavy (non-hydrogen) atoms. The lowest BCUT2D eigenvalue weighted by molar-refractivity contribution is -0.137. The van der Waals surface area contributed by atoms with E-state index in [0.717, 1.165) is 4.47 Å². The number of halogens is 2. The Morgan fingerprint density at radius 1 is 1.41 bits per heavy atom. The van der Waals surface area contributed by atoms with Crippen molar-refractivity contribution in [3.63, 3.8) is 0 Å². The minimum atomic E-state index is -0.874. The van der Waals surface area contributed by atoms with Crippen LogP contribution in [0, 0.1) is 0 Å². The summed E-state index contributed by atoms with van der Waals surface area (Å²) in [5.41, 5.74) is 0.380. The Labute approximate surface area is 112 Å². The van der Waals surface area contributed by atoms with Crippen molar-refractivity contribution in [1.29, 1.82) is 0 Å². The molecule has 1 aromatic carbocycles. The predicted octanol–water partition coefficient (Wildman–Crippen LogP) is 2.70. The minimum Gasteiger partial charge on any atom is -0.481 e. The van der Waals surface area contributed by atoms with Gasteiger partial charge in [-0.25, -0.2) is 0 Å². The zero-order valence-corrected chi connectivity index (χ0v) is 11.2. The first-order valence-corrected chi connectivity index (χ1v) is 6.13. The third kappa shape index (κ3) is 4.75. The highest BCUT2D eigenvalue weighted by molar-refractivity contribution is 9.10. The Morgan fingerprint density at radius 2 is 2.12 bits per heavy atom. The molecule has 92 valence electrons. The van der Waals surface area contributed by atoms with Crippen molar-refractivity contribution >= 4 is 39.4 Å². The molecule has 0 unspecified atom stereocenters. The molecule has 6 heteroatoms. The summed E-state index contributed by atoms with van der Waals surface area (Å²) in [4.78, 5) is 21.9. The van der Waals surface area contributed by atoms with Crippen molar-refractivity contribution in [3.05, 3.63) is 33.3 Å². The zero-order valence-electron chi connectivity index (χ0n) is 8.87. The van der Waals surface area contributed by atoms with Gasteiger partial charge in [0.1, 0.15) is 0 Å². The van der Waals surface area contributed by atoms with Crippen molar-refractivity contribution < 1.29 is 14.7 Å². The smallest absolute Gasteiger partial charge is 0.303 e. The lowest BCUT2D eigenvalue weighted by Crippen LogP contribution is -2.25. The molecule has 0 aliphatic heterocycles. The van der Waals surface area contributed by atoms with E-state index in [-0.39, 0.29) is 12.3 Å². The van der Waals surface area contributed by atoms with E-state index < -0.39 is 5.97 Å². The highest BCUT2D eigenvalue weighted by atomic mass is 79.9. The van der Waals surface area contributed by atoms with Crippen LogP contribution in [0.5, 0.6) is 0 Å². The van der Waals surface area contributed by atoms with E-state index in [4.69, 9.17) is 16.7 Å². The monoisotopic (exact) mass is 319 g/mol. The quantitative estimate of drug-likeness (QED) is 0.820. The van der Waals surface area contributed by atoms with E-state index in [2.05, 4.69) is 21.2 Å². The molecule has 0 saturated heterocycles. The lowest BCUT2D eigenvalue weighted by atomic mass is 10.2. The zero-order chi connectivity index (χ0) is 12.8. The molecule has 1 aromatic rings. The maximum atomic E-state index is 11.7.